The molecular weight excluding hydrogens is 334 g/mol. The first-order valence-electron chi connectivity index (χ1n) is 7.87. The maximum atomic E-state index is 13.4. The van der Waals surface area contributed by atoms with Gasteiger partial charge in [-0.2, -0.15) is 0 Å². The molecular formula is C20H19NO3S. The fourth-order valence-electron chi connectivity index (χ4n) is 2.75. The van der Waals surface area contributed by atoms with Crippen LogP contribution in [-0.4, -0.2) is 13.5 Å². The number of benzene rings is 3. The third-order valence-electron chi connectivity index (χ3n) is 4.01. The van der Waals surface area contributed by atoms with Crippen LogP contribution in [0, 0.1) is 13.8 Å². The summed E-state index contributed by atoms with van der Waals surface area (Å²) < 4.78 is 28.1. The van der Waals surface area contributed by atoms with Crippen molar-refractivity contribution in [3.05, 3.63) is 83.9 Å². The Morgan fingerprint density at radius 3 is 2.00 bits per heavy atom. The van der Waals surface area contributed by atoms with Crippen LogP contribution in [0.1, 0.15) is 11.1 Å². The molecule has 0 saturated carbocycles. The van der Waals surface area contributed by atoms with Crippen molar-refractivity contribution < 1.29 is 13.5 Å². The largest absolute Gasteiger partial charge is 0.508 e. The van der Waals surface area contributed by atoms with Crippen LogP contribution in [-0.2, 0) is 10.0 Å². The van der Waals surface area contributed by atoms with E-state index in [0.29, 0.717) is 16.9 Å². The molecule has 0 heterocycles. The second kappa shape index (κ2) is 6.61. The number of sulfonamides is 1. The van der Waals surface area contributed by atoms with Gasteiger partial charge in [-0.15, -0.1) is 0 Å². The number of aromatic hydroxyl groups is 1. The van der Waals surface area contributed by atoms with E-state index in [4.69, 9.17) is 0 Å². The predicted molar refractivity (Wildman–Crippen MR) is 99.8 cm³/mol. The number of para-hydroxylation sites is 1. The highest BCUT2D eigenvalue weighted by atomic mass is 32.2. The Morgan fingerprint density at radius 1 is 0.760 bits per heavy atom. The lowest BCUT2D eigenvalue weighted by Crippen LogP contribution is -2.27. The maximum Gasteiger partial charge on any atom is 0.268 e. The molecule has 3 aromatic rings. The molecule has 0 atom stereocenters. The van der Waals surface area contributed by atoms with Gasteiger partial charge < -0.3 is 5.11 Å². The Hall–Kier alpha value is -2.79. The fraction of sp³-hybridized carbons (Fsp3) is 0.100. The molecule has 0 aromatic heterocycles. The average Bonchev–Trinajstić information content (AvgIpc) is 2.59. The minimum Gasteiger partial charge on any atom is -0.508 e. The highest BCUT2D eigenvalue weighted by molar-refractivity contribution is 7.93. The first-order valence-corrected chi connectivity index (χ1v) is 9.31. The molecule has 0 aliphatic rings. The zero-order valence-corrected chi connectivity index (χ0v) is 14.9. The van der Waals surface area contributed by atoms with E-state index in [-0.39, 0.29) is 10.6 Å². The van der Waals surface area contributed by atoms with E-state index in [1.165, 1.54) is 10.4 Å². The zero-order chi connectivity index (χ0) is 18.0. The molecule has 4 nitrogen and oxygen atoms in total. The Kier molecular flexibility index (Phi) is 4.51. The minimum atomic E-state index is -3.81. The summed E-state index contributed by atoms with van der Waals surface area (Å²) in [6.07, 6.45) is 0. The van der Waals surface area contributed by atoms with Crippen molar-refractivity contribution >= 4 is 21.4 Å². The van der Waals surface area contributed by atoms with E-state index in [0.717, 1.165) is 5.56 Å². The normalized spacial score (nSPS) is 11.3. The van der Waals surface area contributed by atoms with Crippen LogP contribution < -0.4 is 4.31 Å². The Labute approximate surface area is 148 Å². The van der Waals surface area contributed by atoms with Gasteiger partial charge in [-0.25, -0.2) is 12.7 Å². The van der Waals surface area contributed by atoms with Crippen molar-refractivity contribution in [1.82, 2.24) is 0 Å². The first kappa shape index (κ1) is 17.0. The van der Waals surface area contributed by atoms with Gasteiger partial charge in [-0.3, -0.25) is 0 Å². The van der Waals surface area contributed by atoms with Crippen molar-refractivity contribution in [3.63, 3.8) is 0 Å². The van der Waals surface area contributed by atoms with E-state index in [1.54, 1.807) is 55.5 Å². The molecule has 5 heteroatoms. The molecule has 3 aromatic carbocycles. The van der Waals surface area contributed by atoms with Gasteiger partial charge in [0.25, 0.3) is 10.0 Å². The summed E-state index contributed by atoms with van der Waals surface area (Å²) in [6.45, 7) is 3.65. The van der Waals surface area contributed by atoms with Crippen molar-refractivity contribution in [1.29, 1.82) is 0 Å². The van der Waals surface area contributed by atoms with Crippen LogP contribution in [0.4, 0.5) is 11.4 Å². The summed E-state index contributed by atoms with van der Waals surface area (Å²) >= 11 is 0. The number of hydrogen-bond acceptors (Lipinski definition) is 3. The summed E-state index contributed by atoms with van der Waals surface area (Å²) in [5.74, 6) is 0.100. The first-order chi connectivity index (χ1) is 11.9. The number of phenolic OH excluding ortho intramolecular Hbond substituents is 1. The van der Waals surface area contributed by atoms with Crippen LogP contribution in [0.3, 0.4) is 0 Å². The monoisotopic (exact) mass is 353 g/mol. The third kappa shape index (κ3) is 3.23. The van der Waals surface area contributed by atoms with E-state index >= 15 is 0 Å². The second-order valence-electron chi connectivity index (χ2n) is 5.84. The average molecular weight is 353 g/mol. The van der Waals surface area contributed by atoms with E-state index in [9.17, 15) is 13.5 Å². The van der Waals surface area contributed by atoms with Crippen molar-refractivity contribution in [2.45, 2.75) is 18.7 Å². The standard InChI is InChI=1S/C20H19NO3S/c1-15-8-6-7-11-19(15)21(20-13-12-17(22)14-16(20)2)25(23,24)18-9-4-3-5-10-18/h3-14,22H,1-2H3. The number of rotatable bonds is 4. The predicted octanol–water partition coefficient (Wildman–Crippen LogP) is 4.54. The summed E-state index contributed by atoms with van der Waals surface area (Å²) in [5.41, 5.74) is 2.60. The Morgan fingerprint density at radius 2 is 1.36 bits per heavy atom. The van der Waals surface area contributed by atoms with Crippen LogP contribution in [0.2, 0.25) is 0 Å². The van der Waals surface area contributed by atoms with Gasteiger partial charge in [0.2, 0.25) is 0 Å². The van der Waals surface area contributed by atoms with Gasteiger partial charge >= 0.3 is 0 Å². The number of nitrogens with zero attached hydrogens (tertiary/aromatic N) is 1. The number of phenols is 1. The van der Waals surface area contributed by atoms with Crippen molar-refractivity contribution in [2.24, 2.45) is 0 Å². The summed E-state index contributed by atoms with van der Waals surface area (Å²) in [6, 6.07) is 20.4. The second-order valence-corrected chi connectivity index (χ2v) is 7.63. The molecule has 0 aliphatic carbocycles. The van der Waals surface area contributed by atoms with Gasteiger partial charge in [-0.1, -0.05) is 36.4 Å². The maximum absolute atomic E-state index is 13.4. The highest BCUT2D eigenvalue weighted by Crippen LogP contribution is 2.37. The fourth-order valence-corrected chi connectivity index (χ4v) is 4.38. The number of aryl methyl sites for hydroxylation is 2. The SMILES string of the molecule is Cc1ccccc1N(c1ccc(O)cc1C)S(=O)(=O)c1ccccc1. The molecule has 25 heavy (non-hydrogen) atoms. The minimum absolute atomic E-state index is 0.100. The molecule has 1 N–H and O–H groups in total. The summed E-state index contributed by atoms with van der Waals surface area (Å²) in [7, 11) is -3.81. The lowest BCUT2D eigenvalue weighted by atomic mass is 10.1. The van der Waals surface area contributed by atoms with Gasteiger partial charge in [0, 0.05) is 0 Å². The van der Waals surface area contributed by atoms with Gasteiger partial charge in [-0.05, 0) is 61.4 Å². The van der Waals surface area contributed by atoms with Gasteiger partial charge in [0.05, 0.1) is 16.3 Å². The molecule has 0 unspecified atom stereocenters. The molecule has 0 radical (unpaired) electrons. The number of hydrogen-bond donors (Lipinski definition) is 1. The van der Waals surface area contributed by atoms with Crippen LogP contribution in [0.5, 0.6) is 5.75 Å². The molecule has 0 amide bonds. The lowest BCUT2D eigenvalue weighted by molar-refractivity contribution is 0.475. The smallest absolute Gasteiger partial charge is 0.268 e. The summed E-state index contributed by atoms with van der Waals surface area (Å²) in [5, 5.41) is 9.70. The van der Waals surface area contributed by atoms with Gasteiger partial charge in [0.15, 0.2) is 0 Å². The highest BCUT2D eigenvalue weighted by Gasteiger charge is 2.28. The van der Waals surface area contributed by atoms with Crippen molar-refractivity contribution in [2.75, 3.05) is 4.31 Å². The molecule has 0 spiro atoms. The Bertz CT molecular complexity index is 998. The van der Waals surface area contributed by atoms with E-state index in [1.807, 2.05) is 25.1 Å². The van der Waals surface area contributed by atoms with Crippen LogP contribution >= 0.6 is 0 Å². The van der Waals surface area contributed by atoms with Gasteiger partial charge in [0.1, 0.15) is 5.75 Å². The molecule has 0 aliphatic heterocycles. The molecule has 3 rings (SSSR count). The molecule has 0 fully saturated rings. The Balaban J connectivity index is 2.29. The van der Waals surface area contributed by atoms with Crippen LogP contribution in [0.25, 0.3) is 0 Å². The topological polar surface area (TPSA) is 57.6 Å². The molecule has 0 saturated heterocycles. The quantitative estimate of drug-likeness (QED) is 0.749. The van der Waals surface area contributed by atoms with Crippen molar-refractivity contribution in [3.8, 4) is 5.75 Å². The van der Waals surface area contributed by atoms with E-state index < -0.39 is 10.0 Å². The van der Waals surface area contributed by atoms with Crippen LogP contribution in [0.15, 0.2) is 77.7 Å². The summed E-state index contributed by atoms with van der Waals surface area (Å²) in [4.78, 5) is 0.214. The molecule has 0 bridgehead atoms. The third-order valence-corrected chi connectivity index (χ3v) is 5.76. The zero-order valence-electron chi connectivity index (χ0n) is 14.0. The number of anilines is 2. The van der Waals surface area contributed by atoms with E-state index in [2.05, 4.69) is 0 Å². The lowest BCUT2D eigenvalue weighted by Gasteiger charge is -2.27. The molecule has 128 valence electrons.